The van der Waals surface area contributed by atoms with E-state index in [1.807, 2.05) is 37.3 Å². The van der Waals surface area contributed by atoms with Crippen LogP contribution in [0.1, 0.15) is 12.0 Å². The first-order valence-electron chi connectivity index (χ1n) is 7.38. The van der Waals surface area contributed by atoms with Crippen LogP contribution in [0.4, 0.5) is 11.5 Å². The number of carbonyl (C=O) groups is 2. The summed E-state index contributed by atoms with van der Waals surface area (Å²) in [6, 6.07) is 11.0. The van der Waals surface area contributed by atoms with Crippen molar-refractivity contribution in [2.45, 2.75) is 13.3 Å². The van der Waals surface area contributed by atoms with Gasteiger partial charge in [-0.1, -0.05) is 12.1 Å². The first-order chi connectivity index (χ1) is 11.1. The van der Waals surface area contributed by atoms with E-state index >= 15 is 0 Å². The lowest BCUT2D eigenvalue weighted by atomic mass is 10.2. The molecular formula is C17H17N3O3. The number of nitrogens with zero attached hydrogens (tertiary/aromatic N) is 2. The van der Waals surface area contributed by atoms with Crippen LogP contribution in [0.25, 0.3) is 0 Å². The molecule has 0 saturated heterocycles. The van der Waals surface area contributed by atoms with E-state index in [4.69, 9.17) is 4.74 Å². The smallest absolute Gasteiger partial charge is 0.265 e. The minimum absolute atomic E-state index is 0.00192. The fourth-order valence-electron chi connectivity index (χ4n) is 2.42. The van der Waals surface area contributed by atoms with Crippen molar-refractivity contribution in [3.8, 4) is 5.75 Å². The molecule has 1 aliphatic heterocycles. The summed E-state index contributed by atoms with van der Waals surface area (Å²) < 4.78 is 5.38. The Labute approximate surface area is 134 Å². The predicted octanol–water partition coefficient (Wildman–Crippen LogP) is 2.14. The Morgan fingerprint density at radius 2 is 2.17 bits per heavy atom. The highest BCUT2D eigenvalue weighted by molar-refractivity contribution is 5.99. The number of hydrogen-bond acceptors (Lipinski definition) is 4. The first-order valence-corrected chi connectivity index (χ1v) is 7.38. The Hall–Kier alpha value is -2.89. The Kier molecular flexibility index (Phi) is 4.23. The molecule has 0 spiro atoms. The van der Waals surface area contributed by atoms with Gasteiger partial charge in [0.15, 0.2) is 6.61 Å². The molecule has 2 amide bonds. The van der Waals surface area contributed by atoms with Crippen LogP contribution in [0.15, 0.2) is 42.6 Å². The van der Waals surface area contributed by atoms with Crippen LogP contribution in [-0.4, -0.2) is 29.9 Å². The Bertz CT molecular complexity index is 745. The molecule has 118 valence electrons. The van der Waals surface area contributed by atoms with Gasteiger partial charge < -0.3 is 15.0 Å². The number of aryl methyl sites for hydroxylation is 1. The molecule has 0 fully saturated rings. The maximum absolute atomic E-state index is 12.1. The van der Waals surface area contributed by atoms with Gasteiger partial charge >= 0.3 is 0 Å². The van der Waals surface area contributed by atoms with E-state index in [-0.39, 0.29) is 24.8 Å². The second-order valence-corrected chi connectivity index (χ2v) is 5.32. The molecule has 0 unspecified atom stereocenters. The molecule has 6 heteroatoms. The maximum Gasteiger partial charge on any atom is 0.265 e. The van der Waals surface area contributed by atoms with Gasteiger partial charge in [0, 0.05) is 19.2 Å². The zero-order valence-electron chi connectivity index (χ0n) is 12.8. The number of amides is 2. The average molecular weight is 311 g/mol. The minimum atomic E-state index is -0.181. The van der Waals surface area contributed by atoms with Crippen molar-refractivity contribution in [2.24, 2.45) is 0 Å². The van der Waals surface area contributed by atoms with Gasteiger partial charge in [-0.2, -0.15) is 0 Å². The Morgan fingerprint density at radius 3 is 3.00 bits per heavy atom. The molecule has 1 N–H and O–H groups in total. The molecule has 3 rings (SSSR count). The molecule has 0 atom stereocenters. The number of fused-ring (bicyclic) bond motifs is 1. The monoisotopic (exact) mass is 311 g/mol. The van der Waals surface area contributed by atoms with Crippen molar-refractivity contribution in [1.29, 1.82) is 0 Å². The number of anilines is 2. The van der Waals surface area contributed by atoms with Gasteiger partial charge in [0.25, 0.3) is 5.91 Å². The van der Waals surface area contributed by atoms with E-state index in [2.05, 4.69) is 10.3 Å². The van der Waals surface area contributed by atoms with Gasteiger partial charge in [0.2, 0.25) is 5.91 Å². The molecule has 23 heavy (non-hydrogen) atoms. The van der Waals surface area contributed by atoms with Crippen molar-refractivity contribution in [2.75, 3.05) is 23.4 Å². The number of aromatic nitrogens is 1. The largest absolute Gasteiger partial charge is 0.482 e. The van der Waals surface area contributed by atoms with Crippen LogP contribution in [0.3, 0.4) is 0 Å². The molecule has 6 nitrogen and oxygen atoms in total. The molecule has 2 heterocycles. The third-order valence-electron chi connectivity index (χ3n) is 3.55. The number of pyridine rings is 1. The lowest BCUT2D eigenvalue weighted by Crippen LogP contribution is -2.40. The third-order valence-corrected chi connectivity index (χ3v) is 3.55. The second kappa shape index (κ2) is 6.48. The van der Waals surface area contributed by atoms with Crippen molar-refractivity contribution >= 4 is 23.3 Å². The predicted molar refractivity (Wildman–Crippen MR) is 86.5 cm³/mol. The van der Waals surface area contributed by atoms with Crippen molar-refractivity contribution < 1.29 is 14.3 Å². The molecule has 0 bridgehead atoms. The fraction of sp³-hybridized carbons (Fsp3) is 0.235. The van der Waals surface area contributed by atoms with E-state index in [1.54, 1.807) is 17.2 Å². The lowest BCUT2D eigenvalue weighted by molar-refractivity contribution is -0.121. The summed E-state index contributed by atoms with van der Waals surface area (Å²) in [4.78, 5) is 29.8. The number of benzene rings is 1. The summed E-state index contributed by atoms with van der Waals surface area (Å²) in [6.07, 6.45) is 1.84. The van der Waals surface area contributed by atoms with Crippen molar-refractivity contribution in [3.05, 3.63) is 48.2 Å². The van der Waals surface area contributed by atoms with E-state index in [0.29, 0.717) is 23.8 Å². The Morgan fingerprint density at radius 1 is 1.35 bits per heavy atom. The van der Waals surface area contributed by atoms with Gasteiger partial charge in [-0.05, 0) is 36.8 Å². The van der Waals surface area contributed by atoms with Crippen LogP contribution >= 0.6 is 0 Å². The number of nitrogens with one attached hydrogen (secondary N) is 1. The molecule has 0 aliphatic carbocycles. The number of carbonyl (C=O) groups excluding carboxylic acids is 2. The maximum atomic E-state index is 12.1. The van der Waals surface area contributed by atoms with Crippen molar-refractivity contribution in [1.82, 2.24) is 4.98 Å². The van der Waals surface area contributed by atoms with Gasteiger partial charge in [-0.3, -0.25) is 9.59 Å². The van der Waals surface area contributed by atoms with E-state index < -0.39 is 0 Å². The minimum Gasteiger partial charge on any atom is -0.482 e. The van der Waals surface area contributed by atoms with E-state index in [1.165, 1.54) is 0 Å². The van der Waals surface area contributed by atoms with Gasteiger partial charge in [0.05, 0.1) is 5.69 Å². The zero-order chi connectivity index (χ0) is 16.2. The number of ether oxygens (including phenoxy) is 1. The Balaban J connectivity index is 1.64. The molecule has 1 aliphatic rings. The summed E-state index contributed by atoms with van der Waals surface area (Å²) in [5.74, 6) is 0.849. The fourth-order valence-corrected chi connectivity index (χ4v) is 2.42. The first kappa shape index (κ1) is 15.0. The standard InChI is InChI=1S/C17H17N3O3/c1-12-6-8-18-15(10-12)19-16(21)7-9-20-13-4-2-3-5-14(13)23-11-17(20)22/h2-6,8,10H,7,9,11H2,1H3,(H,18,19,21). The van der Waals surface area contributed by atoms with E-state index in [0.717, 1.165) is 5.56 Å². The molecule has 0 saturated carbocycles. The number of rotatable bonds is 4. The highest BCUT2D eigenvalue weighted by Crippen LogP contribution is 2.31. The number of para-hydroxylation sites is 2. The SMILES string of the molecule is Cc1ccnc(NC(=O)CCN2C(=O)COc3ccccc32)c1. The molecule has 2 aromatic rings. The third kappa shape index (κ3) is 3.48. The van der Waals surface area contributed by atoms with Gasteiger partial charge in [-0.15, -0.1) is 0 Å². The zero-order valence-corrected chi connectivity index (χ0v) is 12.8. The van der Waals surface area contributed by atoms with Gasteiger partial charge in [0.1, 0.15) is 11.6 Å². The molecule has 1 aromatic heterocycles. The van der Waals surface area contributed by atoms with Crippen LogP contribution in [-0.2, 0) is 9.59 Å². The quantitative estimate of drug-likeness (QED) is 0.939. The van der Waals surface area contributed by atoms with Crippen LogP contribution in [0.5, 0.6) is 5.75 Å². The van der Waals surface area contributed by atoms with Crippen LogP contribution in [0.2, 0.25) is 0 Å². The average Bonchev–Trinajstić information content (AvgIpc) is 2.54. The summed E-state index contributed by atoms with van der Waals surface area (Å²) in [5.41, 5.74) is 1.72. The topological polar surface area (TPSA) is 71.5 Å². The normalized spacial score (nSPS) is 13.3. The summed E-state index contributed by atoms with van der Waals surface area (Å²) in [5, 5.41) is 2.74. The highest BCUT2D eigenvalue weighted by Gasteiger charge is 2.25. The molecule has 1 aromatic carbocycles. The van der Waals surface area contributed by atoms with Crippen molar-refractivity contribution in [3.63, 3.8) is 0 Å². The summed E-state index contributed by atoms with van der Waals surface area (Å²) in [6.45, 7) is 2.23. The summed E-state index contributed by atoms with van der Waals surface area (Å²) >= 11 is 0. The summed E-state index contributed by atoms with van der Waals surface area (Å²) in [7, 11) is 0. The molecule has 0 radical (unpaired) electrons. The highest BCUT2D eigenvalue weighted by atomic mass is 16.5. The van der Waals surface area contributed by atoms with Crippen LogP contribution < -0.4 is 15.0 Å². The van der Waals surface area contributed by atoms with Crippen LogP contribution in [0, 0.1) is 6.92 Å². The number of hydrogen-bond donors (Lipinski definition) is 1. The molecular weight excluding hydrogens is 294 g/mol. The van der Waals surface area contributed by atoms with E-state index in [9.17, 15) is 9.59 Å². The lowest BCUT2D eigenvalue weighted by Gasteiger charge is -2.29. The van der Waals surface area contributed by atoms with Gasteiger partial charge in [-0.25, -0.2) is 4.98 Å². The second-order valence-electron chi connectivity index (χ2n) is 5.32.